The second-order valence-corrected chi connectivity index (χ2v) is 5.90. The Labute approximate surface area is 127 Å². The molecule has 1 aliphatic heterocycles. The lowest BCUT2D eigenvalue weighted by molar-refractivity contribution is 0.743. The predicted molar refractivity (Wildman–Crippen MR) is 91.2 cm³/mol. The molecule has 1 aliphatic rings. The van der Waals surface area contributed by atoms with Gasteiger partial charge in [-0.15, -0.1) is 0 Å². The molecule has 2 nitrogen and oxygen atoms in total. The van der Waals surface area contributed by atoms with Crippen molar-refractivity contribution in [3.63, 3.8) is 0 Å². The monoisotopic (exact) mass is 280 g/mol. The lowest BCUT2D eigenvalue weighted by Crippen LogP contribution is -2.24. The smallest absolute Gasteiger partial charge is 0.0400 e. The first-order valence-corrected chi connectivity index (χ1v) is 7.92. The van der Waals surface area contributed by atoms with Crippen molar-refractivity contribution in [2.24, 2.45) is 0 Å². The van der Waals surface area contributed by atoms with Crippen LogP contribution in [-0.4, -0.2) is 13.6 Å². The molecule has 2 aromatic rings. The van der Waals surface area contributed by atoms with Crippen molar-refractivity contribution in [1.29, 1.82) is 0 Å². The SMILES string of the molecule is CCc1cccc(NCc2ccc3c(c2)CCCN3C)c1. The number of anilines is 2. The van der Waals surface area contributed by atoms with E-state index in [4.69, 9.17) is 0 Å². The highest BCUT2D eigenvalue weighted by molar-refractivity contribution is 5.56. The summed E-state index contributed by atoms with van der Waals surface area (Å²) in [4.78, 5) is 2.36. The van der Waals surface area contributed by atoms with Gasteiger partial charge in [-0.05, 0) is 54.2 Å². The van der Waals surface area contributed by atoms with Crippen molar-refractivity contribution in [2.45, 2.75) is 32.7 Å². The van der Waals surface area contributed by atoms with Gasteiger partial charge in [0.05, 0.1) is 0 Å². The van der Waals surface area contributed by atoms with E-state index in [0.717, 1.165) is 13.0 Å². The van der Waals surface area contributed by atoms with Gasteiger partial charge in [-0.1, -0.05) is 31.2 Å². The number of hydrogen-bond acceptors (Lipinski definition) is 2. The van der Waals surface area contributed by atoms with Gasteiger partial charge in [0.2, 0.25) is 0 Å². The number of rotatable bonds is 4. The highest BCUT2D eigenvalue weighted by Crippen LogP contribution is 2.27. The molecule has 2 heteroatoms. The van der Waals surface area contributed by atoms with Crippen LogP contribution in [0, 0.1) is 0 Å². The Morgan fingerprint density at radius 2 is 2.00 bits per heavy atom. The first-order chi connectivity index (χ1) is 10.3. The Morgan fingerprint density at radius 1 is 1.10 bits per heavy atom. The third-order valence-electron chi connectivity index (χ3n) is 4.33. The number of fused-ring (bicyclic) bond motifs is 1. The van der Waals surface area contributed by atoms with Crippen molar-refractivity contribution in [1.82, 2.24) is 0 Å². The summed E-state index contributed by atoms with van der Waals surface area (Å²) in [6.45, 7) is 4.26. The Hall–Kier alpha value is -1.96. The van der Waals surface area contributed by atoms with Crippen LogP contribution in [0.1, 0.15) is 30.0 Å². The summed E-state index contributed by atoms with van der Waals surface area (Å²) in [7, 11) is 2.19. The second-order valence-electron chi connectivity index (χ2n) is 5.90. The molecule has 0 aromatic heterocycles. The van der Waals surface area contributed by atoms with Crippen LogP contribution in [0.2, 0.25) is 0 Å². The maximum atomic E-state index is 3.54. The molecule has 0 radical (unpaired) electrons. The van der Waals surface area contributed by atoms with E-state index in [1.807, 2.05) is 0 Å². The molecule has 0 atom stereocenters. The van der Waals surface area contributed by atoms with Gasteiger partial charge < -0.3 is 10.2 Å². The molecule has 1 heterocycles. The summed E-state index contributed by atoms with van der Waals surface area (Å²) in [6, 6.07) is 15.6. The van der Waals surface area contributed by atoms with Crippen LogP contribution in [0.15, 0.2) is 42.5 Å². The fourth-order valence-electron chi connectivity index (χ4n) is 3.05. The Balaban J connectivity index is 1.70. The van der Waals surface area contributed by atoms with E-state index in [9.17, 15) is 0 Å². The normalized spacial score (nSPS) is 13.9. The third kappa shape index (κ3) is 3.21. The molecule has 0 amide bonds. The molecule has 0 fully saturated rings. The van der Waals surface area contributed by atoms with Gasteiger partial charge in [-0.3, -0.25) is 0 Å². The lowest BCUT2D eigenvalue weighted by atomic mass is 9.99. The van der Waals surface area contributed by atoms with Crippen LogP contribution < -0.4 is 10.2 Å². The van der Waals surface area contributed by atoms with Gasteiger partial charge in [0.15, 0.2) is 0 Å². The molecular formula is C19H24N2. The van der Waals surface area contributed by atoms with E-state index in [0.29, 0.717) is 0 Å². The summed E-state index contributed by atoms with van der Waals surface area (Å²) >= 11 is 0. The largest absolute Gasteiger partial charge is 0.381 e. The molecule has 0 bridgehead atoms. The minimum Gasteiger partial charge on any atom is -0.381 e. The minimum atomic E-state index is 0.893. The maximum Gasteiger partial charge on any atom is 0.0400 e. The first-order valence-electron chi connectivity index (χ1n) is 7.92. The molecule has 3 rings (SSSR count). The fourth-order valence-corrected chi connectivity index (χ4v) is 3.05. The number of aryl methyl sites for hydroxylation is 2. The lowest BCUT2D eigenvalue weighted by Gasteiger charge is -2.27. The van der Waals surface area contributed by atoms with Crippen molar-refractivity contribution in [2.75, 3.05) is 23.8 Å². The van der Waals surface area contributed by atoms with Crippen molar-refractivity contribution < 1.29 is 0 Å². The number of nitrogens with zero attached hydrogens (tertiary/aromatic N) is 1. The molecule has 0 saturated carbocycles. The van der Waals surface area contributed by atoms with Crippen molar-refractivity contribution in [3.8, 4) is 0 Å². The van der Waals surface area contributed by atoms with E-state index in [2.05, 4.69) is 66.7 Å². The van der Waals surface area contributed by atoms with E-state index >= 15 is 0 Å². The van der Waals surface area contributed by atoms with E-state index in [-0.39, 0.29) is 0 Å². The summed E-state index contributed by atoms with van der Waals surface area (Å²) in [6.07, 6.45) is 3.55. The van der Waals surface area contributed by atoms with Gasteiger partial charge >= 0.3 is 0 Å². The molecule has 0 aliphatic carbocycles. The molecule has 2 aromatic carbocycles. The van der Waals surface area contributed by atoms with Crippen LogP contribution in [-0.2, 0) is 19.4 Å². The minimum absolute atomic E-state index is 0.893. The third-order valence-corrected chi connectivity index (χ3v) is 4.33. The summed E-state index contributed by atoms with van der Waals surface area (Å²) < 4.78 is 0. The van der Waals surface area contributed by atoms with E-state index < -0.39 is 0 Å². The van der Waals surface area contributed by atoms with Crippen LogP contribution >= 0.6 is 0 Å². The van der Waals surface area contributed by atoms with E-state index in [1.54, 1.807) is 0 Å². The summed E-state index contributed by atoms with van der Waals surface area (Å²) in [5.41, 5.74) is 6.85. The van der Waals surface area contributed by atoms with Crippen LogP contribution in [0.3, 0.4) is 0 Å². The average molecular weight is 280 g/mol. The molecule has 1 N–H and O–H groups in total. The Kier molecular flexibility index (Phi) is 4.14. The Bertz CT molecular complexity index is 619. The zero-order valence-corrected chi connectivity index (χ0v) is 13.0. The topological polar surface area (TPSA) is 15.3 Å². The summed E-state index contributed by atoms with van der Waals surface area (Å²) in [5, 5.41) is 3.54. The number of hydrogen-bond donors (Lipinski definition) is 1. The van der Waals surface area contributed by atoms with Gasteiger partial charge in [0.1, 0.15) is 0 Å². The van der Waals surface area contributed by atoms with Crippen LogP contribution in [0.4, 0.5) is 11.4 Å². The molecule has 110 valence electrons. The Morgan fingerprint density at radius 3 is 2.86 bits per heavy atom. The molecule has 0 saturated heterocycles. The number of benzene rings is 2. The van der Waals surface area contributed by atoms with Gasteiger partial charge in [-0.25, -0.2) is 0 Å². The molecular weight excluding hydrogens is 256 g/mol. The molecule has 0 unspecified atom stereocenters. The average Bonchev–Trinajstić information content (AvgIpc) is 2.53. The van der Waals surface area contributed by atoms with Crippen molar-refractivity contribution in [3.05, 3.63) is 59.2 Å². The molecule has 0 spiro atoms. The zero-order valence-electron chi connectivity index (χ0n) is 13.0. The standard InChI is InChI=1S/C19H24N2/c1-3-15-6-4-8-18(13-15)20-14-16-9-10-19-17(12-16)7-5-11-21(19)2/h4,6,8-10,12-13,20H,3,5,7,11,14H2,1-2H3. The summed E-state index contributed by atoms with van der Waals surface area (Å²) in [5.74, 6) is 0. The predicted octanol–water partition coefficient (Wildman–Crippen LogP) is 4.24. The maximum absolute atomic E-state index is 3.54. The highest BCUT2D eigenvalue weighted by Gasteiger charge is 2.13. The number of nitrogens with one attached hydrogen (secondary N) is 1. The van der Waals surface area contributed by atoms with Gasteiger partial charge in [-0.2, -0.15) is 0 Å². The van der Waals surface area contributed by atoms with Crippen molar-refractivity contribution >= 4 is 11.4 Å². The van der Waals surface area contributed by atoms with E-state index in [1.165, 1.54) is 47.5 Å². The highest BCUT2D eigenvalue weighted by atomic mass is 15.1. The second kappa shape index (κ2) is 6.21. The molecule has 21 heavy (non-hydrogen) atoms. The van der Waals surface area contributed by atoms with Crippen LogP contribution in [0.5, 0.6) is 0 Å². The fraction of sp³-hybridized carbons (Fsp3) is 0.368. The first kappa shape index (κ1) is 14.0. The van der Waals surface area contributed by atoms with Crippen LogP contribution in [0.25, 0.3) is 0 Å². The van der Waals surface area contributed by atoms with Gasteiger partial charge in [0, 0.05) is 31.5 Å². The quantitative estimate of drug-likeness (QED) is 0.901. The zero-order chi connectivity index (χ0) is 14.7. The van der Waals surface area contributed by atoms with Gasteiger partial charge in [0.25, 0.3) is 0 Å².